The van der Waals surface area contributed by atoms with E-state index < -0.39 is 12.0 Å². The Bertz CT molecular complexity index is 494. The molecule has 1 rings (SSSR count). The number of rotatable bonds is 6. The van der Waals surface area contributed by atoms with Crippen LogP contribution in [0.3, 0.4) is 0 Å². The molecular weight excluding hydrogens is 264 g/mol. The fraction of sp³-hybridized carbons (Fsp3) is 0.308. The van der Waals surface area contributed by atoms with Gasteiger partial charge in [0.2, 0.25) is 5.91 Å². The van der Waals surface area contributed by atoms with Crippen molar-refractivity contribution in [1.82, 2.24) is 5.32 Å². The van der Waals surface area contributed by atoms with Crippen LogP contribution >= 0.6 is 11.8 Å². The predicted molar refractivity (Wildman–Crippen MR) is 72.6 cm³/mol. The van der Waals surface area contributed by atoms with Crippen molar-refractivity contribution in [2.45, 2.75) is 18.7 Å². The summed E-state index contributed by atoms with van der Waals surface area (Å²) in [6.07, 6.45) is 0. The Kier molecular flexibility index (Phi) is 5.90. The summed E-state index contributed by atoms with van der Waals surface area (Å²) in [7, 11) is 0. The third-order valence-corrected chi connectivity index (χ3v) is 3.42. The maximum Gasteiger partial charge on any atom is 0.327 e. The van der Waals surface area contributed by atoms with Crippen LogP contribution < -0.4 is 5.32 Å². The zero-order valence-corrected chi connectivity index (χ0v) is 11.2. The molecule has 0 radical (unpaired) electrons. The molecule has 1 atom stereocenters. The van der Waals surface area contributed by atoms with Gasteiger partial charge in [-0.1, -0.05) is 12.1 Å². The fourth-order valence-corrected chi connectivity index (χ4v) is 2.40. The van der Waals surface area contributed by atoms with Gasteiger partial charge in [-0.15, -0.1) is 0 Å². The van der Waals surface area contributed by atoms with E-state index in [-0.39, 0.29) is 5.91 Å². The van der Waals surface area contributed by atoms with Gasteiger partial charge in [-0.25, -0.2) is 4.79 Å². The molecule has 5 nitrogen and oxygen atoms in total. The summed E-state index contributed by atoms with van der Waals surface area (Å²) in [6.45, 7) is 1.29. The van der Waals surface area contributed by atoms with Crippen molar-refractivity contribution in [3.63, 3.8) is 0 Å². The molecule has 0 unspecified atom stereocenters. The highest BCUT2D eigenvalue weighted by molar-refractivity contribution is 7.98. The van der Waals surface area contributed by atoms with E-state index in [4.69, 9.17) is 10.4 Å². The van der Waals surface area contributed by atoms with E-state index in [0.717, 1.165) is 5.56 Å². The van der Waals surface area contributed by atoms with Gasteiger partial charge >= 0.3 is 5.97 Å². The predicted octanol–water partition coefficient (Wildman–Crippen LogP) is 1.38. The molecule has 1 aromatic rings. The van der Waals surface area contributed by atoms with Crippen molar-refractivity contribution < 1.29 is 14.7 Å². The highest BCUT2D eigenvalue weighted by Crippen LogP contribution is 2.14. The molecule has 0 saturated carbocycles. The summed E-state index contributed by atoms with van der Waals surface area (Å²) in [5.41, 5.74) is 1.60. The van der Waals surface area contributed by atoms with Gasteiger partial charge < -0.3 is 10.4 Å². The molecule has 0 bridgehead atoms. The summed E-state index contributed by atoms with van der Waals surface area (Å²) in [5, 5.41) is 20.0. The molecule has 0 saturated heterocycles. The molecular formula is C13H14N2O3S. The smallest absolute Gasteiger partial charge is 0.327 e. The van der Waals surface area contributed by atoms with E-state index in [0.29, 0.717) is 17.1 Å². The maximum atomic E-state index is 10.9. The number of nitrogens with zero attached hydrogens (tertiary/aromatic N) is 1. The highest BCUT2D eigenvalue weighted by atomic mass is 32.2. The number of aliphatic carboxylic acids is 1. The normalized spacial score (nSPS) is 11.4. The van der Waals surface area contributed by atoms with Crippen LogP contribution in [0.1, 0.15) is 18.1 Å². The molecule has 0 aliphatic carbocycles. The molecule has 19 heavy (non-hydrogen) atoms. The lowest BCUT2D eigenvalue weighted by Crippen LogP contribution is -2.41. The van der Waals surface area contributed by atoms with Crippen molar-refractivity contribution in [3.8, 4) is 6.07 Å². The third kappa shape index (κ3) is 5.44. The van der Waals surface area contributed by atoms with Gasteiger partial charge in [0, 0.05) is 18.4 Å². The molecule has 0 aromatic heterocycles. The highest BCUT2D eigenvalue weighted by Gasteiger charge is 2.17. The number of nitrogens with one attached hydrogen (secondary N) is 1. The summed E-state index contributed by atoms with van der Waals surface area (Å²) >= 11 is 1.42. The van der Waals surface area contributed by atoms with Gasteiger partial charge in [0.15, 0.2) is 0 Å². The molecule has 1 amide bonds. The summed E-state index contributed by atoms with van der Waals surface area (Å²) in [5.74, 6) is -0.460. The molecule has 0 spiro atoms. The van der Waals surface area contributed by atoms with Crippen LogP contribution in [-0.4, -0.2) is 28.8 Å². The number of benzene rings is 1. The minimum absolute atomic E-state index is 0.301. The Morgan fingerprint density at radius 2 is 2.05 bits per heavy atom. The van der Waals surface area contributed by atoms with Crippen LogP contribution in [-0.2, 0) is 15.3 Å². The number of hydrogen-bond acceptors (Lipinski definition) is 4. The minimum Gasteiger partial charge on any atom is -0.480 e. The summed E-state index contributed by atoms with van der Waals surface area (Å²) in [6, 6.07) is 8.27. The second kappa shape index (κ2) is 7.44. The average Bonchev–Trinajstić information content (AvgIpc) is 2.37. The zero-order chi connectivity index (χ0) is 14.3. The lowest BCUT2D eigenvalue weighted by atomic mass is 10.2. The molecule has 0 aliphatic rings. The van der Waals surface area contributed by atoms with Gasteiger partial charge in [0.25, 0.3) is 0 Å². The maximum absolute atomic E-state index is 10.9. The van der Waals surface area contributed by atoms with E-state index in [9.17, 15) is 9.59 Å². The molecule has 0 fully saturated rings. The molecule has 1 aromatic carbocycles. The van der Waals surface area contributed by atoms with Crippen LogP contribution in [0.15, 0.2) is 24.3 Å². The molecule has 100 valence electrons. The van der Waals surface area contributed by atoms with Gasteiger partial charge in [0.1, 0.15) is 6.04 Å². The monoisotopic (exact) mass is 278 g/mol. The van der Waals surface area contributed by atoms with Gasteiger partial charge in [-0.2, -0.15) is 17.0 Å². The van der Waals surface area contributed by atoms with Crippen LogP contribution in [0.4, 0.5) is 0 Å². The number of thioether (sulfide) groups is 1. The van der Waals surface area contributed by atoms with E-state index in [1.54, 1.807) is 12.1 Å². The zero-order valence-electron chi connectivity index (χ0n) is 10.4. The van der Waals surface area contributed by atoms with Gasteiger partial charge in [-0.3, -0.25) is 4.79 Å². The van der Waals surface area contributed by atoms with Crippen LogP contribution in [0.25, 0.3) is 0 Å². The number of hydrogen-bond donors (Lipinski definition) is 2. The Morgan fingerprint density at radius 1 is 1.42 bits per heavy atom. The molecule has 0 heterocycles. The fourth-order valence-electron chi connectivity index (χ4n) is 1.39. The second-order valence-electron chi connectivity index (χ2n) is 3.92. The van der Waals surface area contributed by atoms with Crippen molar-refractivity contribution >= 4 is 23.6 Å². The lowest BCUT2D eigenvalue weighted by Gasteiger charge is -2.12. The lowest BCUT2D eigenvalue weighted by molar-refractivity contribution is -0.140. The first kappa shape index (κ1) is 15.1. The number of carbonyl (C=O) groups excluding carboxylic acids is 1. The second-order valence-corrected chi connectivity index (χ2v) is 4.95. The average molecular weight is 278 g/mol. The quantitative estimate of drug-likeness (QED) is 0.820. The topological polar surface area (TPSA) is 90.2 Å². The Morgan fingerprint density at radius 3 is 2.53 bits per heavy atom. The largest absolute Gasteiger partial charge is 0.480 e. The van der Waals surface area contributed by atoms with Crippen molar-refractivity contribution in [3.05, 3.63) is 35.4 Å². The van der Waals surface area contributed by atoms with Gasteiger partial charge in [-0.05, 0) is 17.7 Å². The van der Waals surface area contributed by atoms with Crippen LogP contribution in [0.2, 0.25) is 0 Å². The van der Waals surface area contributed by atoms with Crippen molar-refractivity contribution in [1.29, 1.82) is 5.26 Å². The van der Waals surface area contributed by atoms with E-state index in [1.165, 1.54) is 18.7 Å². The van der Waals surface area contributed by atoms with E-state index in [1.807, 2.05) is 18.2 Å². The number of nitriles is 1. The standard InChI is InChI=1S/C13H14N2O3S/c1-9(16)15-12(13(17)18)8-19-7-11-4-2-10(6-14)3-5-11/h2-5,12H,7-8H2,1H3,(H,15,16)(H,17,18)/t12-/m0/s1. The Balaban J connectivity index is 2.45. The first-order valence-corrected chi connectivity index (χ1v) is 6.75. The van der Waals surface area contributed by atoms with E-state index in [2.05, 4.69) is 5.32 Å². The molecule has 2 N–H and O–H groups in total. The first-order chi connectivity index (χ1) is 9.02. The SMILES string of the molecule is CC(=O)N[C@@H](CSCc1ccc(C#N)cc1)C(=O)O. The van der Waals surface area contributed by atoms with Gasteiger partial charge in [0.05, 0.1) is 11.6 Å². The first-order valence-electron chi connectivity index (χ1n) is 5.59. The van der Waals surface area contributed by atoms with Crippen molar-refractivity contribution in [2.24, 2.45) is 0 Å². The van der Waals surface area contributed by atoms with Crippen molar-refractivity contribution in [2.75, 3.05) is 5.75 Å². The number of amides is 1. The van der Waals surface area contributed by atoms with Crippen LogP contribution in [0.5, 0.6) is 0 Å². The number of carboxylic acids is 1. The Labute approximate surface area is 115 Å². The molecule has 0 aliphatic heterocycles. The van der Waals surface area contributed by atoms with Crippen LogP contribution in [0, 0.1) is 11.3 Å². The molecule has 6 heteroatoms. The minimum atomic E-state index is -1.04. The Hall–Kier alpha value is -2.00. The number of carbonyl (C=O) groups is 2. The number of carboxylic acid groups (broad SMARTS) is 1. The van der Waals surface area contributed by atoms with E-state index >= 15 is 0 Å². The summed E-state index contributed by atoms with van der Waals surface area (Å²) < 4.78 is 0. The summed E-state index contributed by atoms with van der Waals surface area (Å²) in [4.78, 5) is 21.7. The third-order valence-electron chi connectivity index (χ3n) is 2.31.